The number of benzene rings is 2. The molecule has 0 fully saturated rings. The summed E-state index contributed by atoms with van der Waals surface area (Å²) in [5.74, 6) is -0.195. The topological polar surface area (TPSA) is 43.8 Å². The number of rotatable bonds is 2. The lowest BCUT2D eigenvalue weighted by Crippen LogP contribution is -2.08. The van der Waals surface area contributed by atoms with E-state index in [-0.39, 0.29) is 22.0 Å². The third-order valence-electron chi connectivity index (χ3n) is 3.46. The van der Waals surface area contributed by atoms with Gasteiger partial charge in [-0.05, 0) is 36.4 Å². The standard InChI is InChI=1S/C16H9Cl3F3N3/c17-8-1-4-10(5-2-8)25-15(23)13(14(24-25)16(20,21)22)11-6-3-9(18)7-12(11)19/h1-7H,23H2. The monoisotopic (exact) mass is 405 g/mol. The van der Waals surface area contributed by atoms with Crippen molar-refractivity contribution in [3.8, 4) is 16.8 Å². The van der Waals surface area contributed by atoms with E-state index in [9.17, 15) is 13.2 Å². The predicted molar refractivity (Wildman–Crippen MR) is 93.4 cm³/mol. The Labute approximate surface area is 155 Å². The molecule has 0 atom stereocenters. The zero-order valence-electron chi connectivity index (χ0n) is 12.3. The molecular formula is C16H9Cl3F3N3. The molecule has 25 heavy (non-hydrogen) atoms. The zero-order chi connectivity index (χ0) is 18.4. The van der Waals surface area contributed by atoms with Gasteiger partial charge in [-0.1, -0.05) is 40.9 Å². The van der Waals surface area contributed by atoms with Crippen LogP contribution in [-0.2, 0) is 6.18 Å². The van der Waals surface area contributed by atoms with Gasteiger partial charge in [-0.3, -0.25) is 0 Å². The normalized spacial score (nSPS) is 11.8. The largest absolute Gasteiger partial charge is 0.435 e. The molecule has 0 aliphatic rings. The van der Waals surface area contributed by atoms with Crippen molar-refractivity contribution < 1.29 is 13.2 Å². The maximum atomic E-state index is 13.5. The first kappa shape index (κ1) is 17.9. The summed E-state index contributed by atoms with van der Waals surface area (Å²) >= 11 is 17.7. The minimum Gasteiger partial charge on any atom is -0.383 e. The lowest BCUT2D eigenvalue weighted by atomic mass is 10.0. The van der Waals surface area contributed by atoms with Gasteiger partial charge in [0.05, 0.1) is 16.3 Å². The molecule has 3 aromatic rings. The number of nitrogens with two attached hydrogens (primary N) is 1. The number of anilines is 1. The van der Waals surface area contributed by atoms with Gasteiger partial charge >= 0.3 is 6.18 Å². The Bertz CT molecular complexity index is 934. The summed E-state index contributed by atoms with van der Waals surface area (Å²) in [6.45, 7) is 0. The molecular weight excluding hydrogens is 398 g/mol. The van der Waals surface area contributed by atoms with Crippen LogP contribution in [0.15, 0.2) is 42.5 Å². The summed E-state index contributed by atoms with van der Waals surface area (Å²) in [6, 6.07) is 10.2. The van der Waals surface area contributed by atoms with Crippen molar-refractivity contribution in [2.24, 2.45) is 0 Å². The highest BCUT2D eigenvalue weighted by molar-refractivity contribution is 6.36. The molecule has 0 aliphatic heterocycles. The van der Waals surface area contributed by atoms with E-state index >= 15 is 0 Å². The Morgan fingerprint density at radius 3 is 2.08 bits per heavy atom. The van der Waals surface area contributed by atoms with Crippen LogP contribution in [0.25, 0.3) is 16.8 Å². The fraction of sp³-hybridized carbons (Fsp3) is 0.0625. The average Bonchev–Trinajstić information content (AvgIpc) is 2.86. The summed E-state index contributed by atoms with van der Waals surface area (Å²) in [7, 11) is 0. The third kappa shape index (κ3) is 3.42. The van der Waals surface area contributed by atoms with Crippen LogP contribution in [0.3, 0.4) is 0 Å². The number of nitrogens with zero attached hydrogens (tertiary/aromatic N) is 2. The van der Waals surface area contributed by atoms with Crippen LogP contribution < -0.4 is 5.73 Å². The Balaban J connectivity index is 2.28. The third-order valence-corrected chi connectivity index (χ3v) is 4.26. The van der Waals surface area contributed by atoms with E-state index in [0.717, 1.165) is 4.68 Å². The first-order chi connectivity index (χ1) is 11.7. The average molecular weight is 407 g/mol. The molecule has 0 unspecified atom stereocenters. The van der Waals surface area contributed by atoms with Gasteiger partial charge in [0.1, 0.15) is 5.82 Å². The maximum Gasteiger partial charge on any atom is 0.435 e. The molecule has 3 rings (SSSR count). The Morgan fingerprint density at radius 2 is 1.52 bits per heavy atom. The van der Waals surface area contributed by atoms with E-state index < -0.39 is 11.9 Å². The van der Waals surface area contributed by atoms with Gasteiger partial charge < -0.3 is 5.73 Å². The molecule has 2 aromatic carbocycles. The van der Waals surface area contributed by atoms with Crippen molar-refractivity contribution in [3.63, 3.8) is 0 Å². The number of hydrogen-bond donors (Lipinski definition) is 1. The summed E-state index contributed by atoms with van der Waals surface area (Å²) in [6.07, 6.45) is -4.72. The van der Waals surface area contributed by atoms with E-state index in [1.165, 1.54) is 42.5 Å². The van der Waals surface area contributed by atoms with Crippen LogP contribution in [0, 0.1) is 0 Å². The van der Waals surface area contributed by atoms with Crippen LogP contribution in [-0.4, -0.2) is 9.78 Å². The predicted octanol–water partition coefficient (Wildman–Crippen LogP) is 6.10. The molecule has 0 bridgehead atoms. The van der Waals surface area contributed by atoms with Crippen molar-refractivity contribution in [1.29, 1.82) is 0 Å². The Kier molecular flexibility index (Phi) is 4.62. The lowest BCUT2D eigenvalue weighted by Gasteiger charge is -2.09. The van der Waals surface area contributed by atoms with Crippen molar-refractivity contribution in [2.75, 3.05) is 5.73 Å². The number of alkyl halides is 3. The molecule has 1 heterocycles. The molecule has 0 saturated heterocycles. The number of halogens is 6. The van der Waals surface area contributed by atoms with E-state index in [2.05, 4.69) is 5.10 Å². The quantitative estimate of drug-likeness (QED) is 0.559. The zero-order valence-corrected chi connectivity index (χ0v) is 14.5. The van der Waals surface area contributed by atoms with Crippen LogP contribution in [0.5, 0.6) is 0 Å². The van der Waals surface area contributed by atoms with Gasteiger partial charge in [0.25, 0.3) is 0 Å². The summed E-state index contributed by atoms with van der Waals surface area (Å²) < 4.78 is 41.5. The molecule has 2 N–H and O–H groups in total. The molecule has 0 amide bonds. The molecule has 0 saturated carbocycles. The van der Waals surface area contributed by atoms with E-state index in [0.29, 0.717) is 15.7 Å². The number of aromatic nitrogens is 2. The summed E-state index contributed by atoms with van der Waals surface area (Å²) in [5, 5.41) is 4.43. The second kappa shape index (κ2) is 6.44. The van der Waals surface area contributed by atoms with Gasteiger partial charge in [-0.15, -0.1) is 0 Å². The van der Waals surface area contributed by atoms with Crippen molar-refractivity contribution in [2.45, 2.75) is 6.18 Å². The van der Waals surface area contributed by atoms with Gasteiger partial charge in [-0.2, -0.15) is 18.3 Å². The molecule has 3 nitrogen and oxygen atoms in total. The highest BCUT2D eigenvalue weighted by Crippen LogP contribution is 2.43. The molecule has 1 aromatic heterocycles. The Hall–Kier alpha value is -1.89. The highest BCUT2D eigenvalue weighted by atomic mass is 35.5. The van der Waals surface area contributed by atoms with E-state index in [1.807, 2.05) is 0 Å². The van der Waals surface area contributed by atoms with Gasteiger partial charge in [0.2, 0.25) is 0 Å². The van der Waals surface area contributed by atoms with Crippen LogP contribution >= 0.6 is 34.8 Å². The van der Waals surface area contributed by atoms with Crippen molar-refractivity contribution in [1.82, 2.24) is 9.78 Å². The Morgan fingerprint density at radius 1 is 0.920 bits per heavy atom. The minimum absolute atomic E-state index is 0.0420. The minimum atomic E-state index is -4.72. The fourth-order valence-corrected chi connectivity index (χ4v) is 3.00. The van der Waals surface area contributed by atoms with Crippen molar-refractivity contribution in [3.05, 3.63) is 63.2 Å². The molecule has 130 valence electrons. The van der Waals surface area contributed by atoms with E-state index in [1.54, 1.807) is 0 Å². The molecule has 9 heteroatoms. The van der Waals surface area contributed by atoms with E-state index in [4.69, 9.17) is 40.5 Å². The number of hydrogen-bond acceptors (Lipinski definition) is 2. The van der Waals surface area contributed by atoms with Gasteiger partial charge in [-0.25, -0.2) is 4.68 Å². The van der Waals surface area contributed by atoms with Crippen LogP contribution in [0.2, 0.25) is 15.1 Å². The van der Waals surface area contributed by atoms with Crippen molar-refractivity contribution >= 4 is 40.6 Å². The highest BCUT2D eigenvalue weighted by Gasteiger charge is 2.40. The van der Waals surface area contributed by atoms with Gasteiger partial charge in [0.15, 0.2) is 5.69 Å². The summed E-state index contributed by atoms with van der Waals surface area (Å²) in [5.41, 5.74) is 4.98. The van der Waals surface area contributed by atoms with Crippen LogP contribution in [0.1, 0.15) is 5.69 Å². The first-order valence-corrected chi connectivity index (χ1v) is 7.99. The van der Waals surface area contributed by atoms with Gasteiger partial charge in [0, 0.05) is 15.6 Å². The maximum absolute atomic E-state index is 13.5. The molecule has 0 spiro atoms. The smallest absolute Gasteiger partial charge is 0.383 e. The first-order valence-electron chi connectivity index (χ1n) is 6.85. The second-order valence-electron chi connectivity index (χ2n) is 5.12. The SMILES string of the molecule is Nc1c(-c2ccc(Cl)cc2Cl)c(C(F)(F)F)nn1-c1ccc(Cl)cc1. The van der Waals surface area contributed by atoms with Crippen LogP contribution in [0.4, 0.5) is 19.0 Å². The fourth-order valence-electron chi connectivity index (χ4n) is 2.37. The summed E-state index contributed by atoms with van der Waals surface area (Å²) in [4.78, 5) is 0. The second-order valence-corrected chi connectivity index (χ2v) is 6.40. The molecule has 0 radical (unpaired) electrons. The molecule has 0 aliphatic carbocycles. The lowest BCUT2D eigenvalue weighted by molar-refractivity contribution is -0.140. The number of nitrogen functional groups attached to an aromatic ring is 1.